The number of H-pyrrole nitrogens is 1. The summed E-state index contributed by atoms with van der Waals surface area (Å²) >= 11 is 0. The van der Waals surface area contributed by atoms with E-state index in [1.54, 1.807) is 0 Å². The summed E-state index contributed by atoms with van der Waals surface area (Å²) in [5.41, 5.74) is 3.62. The maximum absolute atomic E-state index is 13.1. The maximum atomic E-state index is 13.1. The standard InChI is InChI=1S/C27H30N6O4/c1-18-4-6-19(7-5-18)14-32(17-26-29-30-31-33(26)16-22-3-2-8-35-22)15-21-11-20-12-24-25(37-10-9-36-24)13-23(20)28-27(21)34/h4-7,11-13,22H,2-3,8-10,14-17H2,1H3,(H,28,34)/t22-/m1/s1. The van der Waals surface area contributed by atoms with E-state index in [0.29, 0.717) is 56.5 Å². The molecule has 0 bridgehead atoms. The van der Waals surface area contributed by atoms with Gasteiger partial charge in [0, 0.05) is 36.7 Å². The first-order valence-corrected chi connectivity index (χ1v) is 12.7. The molecular weight excluding hydrogens is 472 g/mol. The number of nitrogens with one attached hydrogen (secondary N) is 1. The Morgan fingerprint density at radius 1 is 1.03 bits per heavy atom. The first-order valence-electron chi connectivity index (χ1n) is 12.7. The van der Waals surface area contributed by atoms with Crippen LogP contribution in [0.25, 0.3) is 10.9 Å². The molecule has 0 unspecified atom stereocenters. The molecule has 10 heteroatoms. The SMILES string of the molecule is Cc1ccc(CN(Cc2cc3cc4c(cc3[nH]c2=O)OCCO4)Cc2nnnn2C[C@H]2CCCO2)cc1. The van der Waals surface area contributed by atoms with E-state index in [4.69, 9.17) is 14.2 Å². The number of hydrogen-bond donors (Lipinski definition) is 1. The van der Waals surface area contributed by atoms with E-state index >= 15 is 0 Å². The highest BCUT2D eigenvalue weighted by Crippen LogP contribution is 2.33. The van der Waals surface area contributed by atoms with E-state index in [2.05, 4.69) is 56.6 Å². The van der Waals surface area contributed by atoms with Crippen LogP contribution in [0.3, 0.4) is 0 Å². The predicted octanol–water partition coefficient (Wildman–Crippen LogP) is 2.98. The number of ether oxygens (including phenoxy) is 3. The number of benzene rings is 2. The van der Waals surface area contributed by atoms with Crippen molar-refractivity contribution in [2.45, 2.75) is 52.0 Å². The highest BCUT2D eigenvalue weighted by Gasteiger charge is 2.21. The van der Waals surface area contributed by atoms with Gasteiger partial charge in [-0.25, -0.2) is 4.68 Å². The molecule has 0 amide bonds. The van der Waals surface area contributed by atoms with Gasteiger partial charge in [-0.15, -0.1) is 5.10 Å². The lowest BCUT2D eigenvalue weighted by atomic mass is 10.1. The molecule has 0 aliphatic carbocycles. The fourth-order valence-electron chi connectivity index (χ4n) is 4.93. The van der Waals surface area contributed by atoms with Crippen molar-refractivity contribution >= 4 is 10.9 Å². The minimum absolute atomic E-state index is 0.128. The van der Waals surface area contributed by atoms with Gasteiger partial charge in [0.05, 0.1) is 24.7 Å². The average Bonchev–Trinajstić information content (AvgIpc) is 3.57. The normalized spacial score (nSPS) is 17.1. The summed E-state index contributed by atoms with van der Waals surface area (Å²) in [5.74, 6) is 2.10. The molecule has 6 rings (SSSR count). The van der Waals surface area contributed by atoms with E-state index in [-0.39, 0.29) is 11.7 Å². The van der Waals surface area contributed by atoms with Gasteiger partial charge < -0.3 is 19.2 Å². The van der Waals surface area contributed by atoms with Crippen molar-refractivity contribution < 1.29 is 14.2 Å². The Kier molecular flexibility index (Phi) is 6.58. The average molecular weight is 503 g/mol. The van der Waals surface area contributed by atoms with E-state index < -0.39 is 0 Å². The fourth-order valence-corrected chi connectivity index (χ4v) is 4.93. The molecule has 0 radical (unpaired) electrons. The van der Waals surface area contributed by atoms with Crippen LogP contribution >= 0.6 is 0 Å². The maximum Gasteiger partial charge on any atom is 0.252 e. The fraction of sp³-hybridized carbons (Fsp3) is 0.407. The van der Waals surface area contributed by atoms with Crippen LogP contribution in [0, 0.1) is 6.92 Å². The summed E-state index contributed by atoms with van der Waals surface area (Å²) in [7, 11) is 0. The van der Waals surface area contributed by atoms with Crippen LogP contribution in [0.5, 0.6) is 11.5 Å². The second-order valence-corrected chi connectivity index (χ2v) is 9.75. The topological polar surface area (TPSA) is 107 Å². The van der Waals surface area contributed by atoms with Crippen molar-refractivity contribution in [2.75, 3.05) is 19.8 Å². The Balaban J connectivity index is 1.29. The van der Waals surface area contributed by atoms with Crippen molar-refractivity contribution in [1.29, 1.82) is 0 Å². The van der Waals surface area contributed by atoms with Crippen LogP contribution in [-0.2, 0) is 30.9 Å². The molecule has 2 aliphatic rings. The predicted molar refractivity (Wildman–Crippen MR) is 136 cm³/mol. The van der Waals surface area contributed by atoms with Crippen LogP contribution in [-0.4, -0.2) is 56.0 Å². The van der Waals surface area contributed by atoms with Crippen LogP contribution < -0.4 is 15.0 Å². The molecule has 192 valence electrons. The second kappa shape index (κ2) is 10.3. The Morgan fingerprint density at radius 3 is 2.62 bits per heavy atom. The van der Waals surface area contributed by atoms with Gasteiger partial charge in [0.25, 0.3) is 5.56 Å². The molecule has 2 aliphatic heterocycles. The summed E-state index contributed by atoms with van der Waals surface area (Å²) in [6, 6.07) is 14.1. The number of nitrogens with zero attached hydrogens (tertiary/aromatic N) is 5. The van der Waals surface area contributed by atoms with Gasteiger partial charge in [0.15, 0.2) is 17.3 Å². The zero-order valence-corrected chi connectivity index (χ0v) is 20.9. The number of aromatic amines is 1. The van der Waals surface area contributed by atoms with Gasteiger partial charge in [-0.2, -0.15) is 0 Å². The van der Waals surface area contributed by atoms with Gasteiger partial charge in [-0.3, -0.25) is 9.69 Å². The van der Waals surface area contributed by atoms with Gasteiger partial charge in [-0.1, -0.05) is 29.8 Å². The first kappa shape index (κ1) is 23.6. The van der Waals surface area contributed by atoms with E-state index in [1.165, 1.54) is 5.56 Å². The molecule has 2 aromatic carbocycles. The molecule has 1 saturated heterocycles. The number of hydrogen-bond acceptors (Lipinski definition) is 8. The van der Waals surface area contributed by atoms with E-state index in [1.807, 2.05) is 22.9 Å². The lowest BCUT2D eigenvalue weighted by molar-refractivity contribution is 0.0914. The summed E-state index contributed by atoms with van der Waals surface area (Å²) in [6.45, 7) is 6.07. The number of fused-ring (bicyclic) bond motifs is 2. The third-order valence-corrected chi connectivity index (χ3v) is 6.88. The van der Waals surface area contributed by atoms with Gasteiger partial charge in [0.2, 0.25) is 0 Å². The van der Waals surface area contributed by atoms with Crippen molar-refractivity contribution in [1.82, 2.24) is 30.1 Å². The minimum atomic E-state index is -0.128. The summed E-state index contributed by atoms with van der Waals surface area (Å²) in [6.07, 6.45) is 2.21. The highest BCUT2D eigenvalue weighted by atomic mass is 16.6. The molecule has 2 aromatic heterocycles. The van der Waals surface area contributed by atoms with E-state index in [0.717, 1.165) is 41.7 Å². The smallest absolute Gasteiger partial charge is 0.252 e. The Morgan fingerprint density at radius 2 is 1.84 bits per heavy atom. The molecule has 1 atom stereocenters. The van der Waals surface area contributed by atoms with Crippen LogP contribution in [0.15, 0.2) is 47.3 Å². The number of aromatic nitrogens is 5. The molecular formula is C27H30N6O4. The number of rotatable bonds is 8. The molecule has 4 aromatic rings. The van der Waals surface area contributed by atoms with Crippen LogP contribution in [0.2, 0.25) is 0 Å². The zero-order valence-electron chi connectivity index (χ0n) is 20.9. The van der Waals surface area contributed by atoms with Crippen molar-refractivity contribution in [2.24, 2.45) is 0 Å². The molecule has 37 heavy (non-hydrogen) atoms. The number of pyridine rings is 1. The summed E-state index contributed by atoms with van der Waals surface area (Å²) < 4.78 is 19.0. The lowest BCUT2D eigenvalue weighted by Gasteiger charge is -2.23. The second-order valence-electron chi connectivity index (χ2n) is 9.75. The third-order valence-electron chi connectivity index (χ3n) is 6.88. The first-order chi connectivity index (χ1) is 18.1. The van der Waals surface area contributed by atoms with Crippen molar-refractivity contribution in [3.8, 4) is 11.5 Å². The number of tetrazole rings is 1. The molecule has 1 N–H and O–H groups in total. The quantitative estimate of drug-likeness (QED) is 0.392. The largest absolute Gasteiger partial charge is 0.486 e. The molecule has 1 fully saturated rings. The van der Waals surface area contributed by atoms with Gasteiger partial charge in [0.1, 0.15) is 13.2 Å². The molecule has 4 heterocycles. The van der Waals surface area contributed by atoms with Crippen LogP contribution in [0.4, 0.5) is 0 Å². The lowest BCUT2D eigenvalue weighted by Crippen LogP contribution is -2.29. The van der Waals surface area contributed by atoms with Gasteiger partial charge in [-0.05, 0) is 47.9 Å². The van der Waals surface area contributed by atoms with Gasteiger partial charge >= 0.3 is 0 Å². The Labute approximate surface area is 214 Å². The van der Waals surface area contributed by atoms with E-state index in [9.17, 15) is 4.79 Å². The zero-order chi connectivity index (χ0) is 25.2. The third kappa shape index (κ3) is 5.35. The molecule has 10 nitrogen and oxygen atoms in total. The minimum Gasteiger partial charge on any atom is -0.486 e. The Bertz CT molecular complexity index is 1440. The van der Waals surface area contributed by atoms with Crippen LogP contribution in [0.1, 0.15) is 35.4 Å². The van der Waals surface area contributed by atoms with Crippen molar-refractivity contribution in [3.05, 3.63) is 75.3 Å². The highest BCUT2D eigenvalue weighted by molar-refractivity contribution is 5.83. The van der Waals surface area contributed by atoms with Crippen molar-refractivity contribution in [3.63, 3.8) is 0 Å². The number of aryl methyl sites for hydroxylation is 1. The summed E-state index contributed by atoms with van der Waals surface area (Å²) in [4.78, 5) is 18.3. The Hall–Kier alpha value is -3.76. The molecule has 0 saturated carbocycles. The summed E-state index contributed by atoms with van der Waals surface area (Å²) in [5, 5.41) is 13.3. The molecule has 0 spiro atoms. The monoisotopic (exact) mass is 502 g/mol.